The third-order valence-electron chi connectivity index (χ3n) is 0.835. The Kier molecular flexibility index (Phi) is 5.42. The zero-order valence-corrected chi connectivity index (χ0v) is 9.43. The third-order valence-corrected chi connectivity index (χ3v) is 3.22. The zero-order valence-electron chi connectivity index (χ0n) is 7.78. The van der Waals surface area contributed by atoms with Crippen LogP contribution in [0.5, 0.6) is 0 Å². The molecule has 0 fully saturated rings. The molecule has 0 heterocycles. The van der Waals surface area contributed by atoms with Gasteiger partial charge in [0.1, 0.15) is 0 Å². The van der Waals surface area contributed by atoms with E-state index in [4.69, 9.17) is 20.6 Å². The van der Waals surface area contributed by atoms with Crippen molar-refractivity contribution >= 4 is 19.2 Å². The molecule has 0 spiro atoms. The van der Waals surface area contributed by atoms with Gasteiger partial charge in [0.2, 0.25) is 7.60 Å². The molecule has 0 N–H and O–H groups in total. The van der Waals surface area contributed by atoms with Gasteiger partial charge in [-0.15, -0.1) is 5.62 Å². The summed E-state index contributed by atoms with van der Waals surface area (Å²) in [5.41, 5.74) is 0.965. The van der Waals surface area contributed by atoms with E-state index >= 15 is 0 Å². The Balaban J connectivity index is 4.15. The summed E-state index contributed by atoms with van der Waals surface area (Å²) in [5.74, 6) is 0. The van der Waals surface area contributed by atoms with Gasteiger partial charge in [-0.3, -0.25) is 4.57 Å². The van der Waals surface area contributed by atoms with Gasteiger partial charge in [-0.05, 0) is 27.7 Å². The second-order valence-corrected chi connectivity index (χ2v) is 5.23. The van der Waals surface area contributed by atoms with E-state index in [0.29, 0.717) is 0 Å². The van der Waals surface area contributed by atoms with Gasteiger partial charge in [-0.1, -0.05) is 0 Å². The van der Waals surface area contributed by atoms with E-state index in [1.165, 1.54) is 0 Å². The van der Waals surface area contributed by atoms with E-state index in [-0.39, 0.29) is 12.2 Å². The molecule has 12 heavy (non-hydrogen) atoms. The van der Waals surface area contributed by atoms with Gasteiger partial charge < -0.3 is 20.6 Å². The van der Waals surface area contributed by atoms with Crippen LogP contribution in [0.4, 0.5) is 0 Å². The molecule has 0 atom stereocenters. The molecule has 0 aliphatic heterocycles. The monoisotopic (exact) mass is 213 g/mol. The van der Waals surface area contributed by atoms with E-state index in [0.717, 1.165) is 5.62 Å². The average molecular weight is 214 g/mol. The molecule has 0 radical (unpaired) electrons. The highest BCUT2D eigenvalue weighted by atomic mass is 35.5. The molecule has 0 rings (SSSR count). The number of hydrogen-bond acceptors (Lipinski definition) is 3. The first-order valence-electron chi connectivity index (χ1n) is 3.80. The molecular formula is C7H15ClO3P-. The smallest absolute Gasteiger partial charge is 0.201 e. The van der Waals surface area contributed by atoms with E-state index in [2.05, 4.69) is 0 Å². The summed E-state index contributed by atoms with van der Waals surface area (Å²) in [6.07, 6.45) is -0.325. The molecule has 5 heteroatoms. The van der Waals surface area contributed by atoms with E-state index < -0.39 is 7.60 Å². The van der Waals surface area contributed by atoms with Crippen LogP contribution in [0, 0.1) is 5.62 Å². The third kappa shape index (κ3) is 5.15. The van der Waals surface area contributed by atoms with Gasteiger partial charge in [0.05, 0.1) is 12.2 Å². The van der Waals surface area contributed by atoms with Crippen molar-refractivity contribution in [1.82, 2.24) is 0 Å². The van der Waals surface area contributed by atoms with Crippen LogP contribution in [0.2, 0.25) is 0 Å². The van der Waals surface area contributed by atoms with Crippen molar-refractivity contribution < 1.29 is 13.6 Å². The van der Waals surface area contributed by atoms with Crippen LogP contribution in [0.1, 0.15) is 27.7 Å². The molecule has 74 valence electrons. The highest BCUT2D eigenvalue weighted by molar-refractivity contribution is 7.58. The summed E-state index contributed by atoms with van der Waals surface area (Å²) < 4.78 is 21.7. The lowest BCUT2D eigenvalue weighted by Crippen LogP contribution is -2.06. The fourth-order valence-electron chi connectivity index (χ4n) is 0.659. The second-order valence-electron chi connectivity index (χ2n) is 2.95. The molecule has 0 saturated heterocycles. The summed E-state index contributed by atoms with van der Waals surface area (Å²) in [7, 11) is -3.17. The largest absolute Gasteiger partial charge is 0.336 e. The lowest BCUT2D eigenvalue weighted by molar-refractivity contribution is 0.148. The summed E-state index contributed by atoms with van der Waals surface area (Å²) in [4.78, 5) is 0. The summed E-state index contributed by atoms with van der Waals surface area (Å²) in [6.45, 7) is 7.10. The Bertz CT molecular complexity index is 156. The molecule has 0 aromatic carbocycles. The summed E-state index contributed by atoms with van der Waals surface area (Å²) in [5, 5.41) is 0. The number of halogens is 1. The highest BCUT2D eigenvalue weighted by Crippen LogP contribution is 2.54. The first-order chi connectivity index (χ1) is 5.39. The average Bonchev–Trinajstić information content (AvgIpc) is 1.83. The normalized spacial score (nSPS) is 12.9. The molecule has 0 aromatic rings. The Morgan fingerprint density at radius 2 is 1.50 bits per heavy atom. The highest BCUT2D eigenvalue weighted by Gasteiger charge is 2.16. The predicted molar refractivity (Wildman–Crippen MR) is 50.2 cm³/mol. The van der Waals surface area contributed by atoms with Gasteiger partial charge >= 0.3 is 0 Å². The Labute approximate surface area is 78.9 Å². The molecule has 0 aliphatic rings. The molecule has 3 nitrogen and oxygen atoms in total. The first kappa shape index (κ1) is 12.4. The zero-order chi connectivity index (χ0) is 9.78. The van der Waals surface area contributed by atoms with Gasteiger partial charge in [-0.25, -0.2) is 0 Å². The Morgan fingerprint density at radius 1 is 1.17 bits per heavy atom. The topological polar surface area (TPSA) is 35.5 Å². The van der Waals surface area contributed by atoms with Crippen molar-refractivity contribution in [3.8, 4) is 0 Å². The molecule has 0 aromatic heterocycles. The Hall–Kier alpha value is 0.440. The van der Waals surface area contributed by atoms with Crippen LogP contribution in [-0.2, 0) is 13.6 Å². The van der Waals surface area contributed by atoms with Crippen LogP contribution in [0.25, 0.3) is 0 Å². The van der Waals surface area contributed by atoms with Crippen molar-refractivity contribution in [3.63, 3.8) is 0 Å². The molecular weight excluding hydrogens is 199 g/mol. The van der Waals surface area contributed by atoms with Crippen LogP contribution in [-0.4, -0.2) is 12.2 Å². The maximum Gasteiger partial charge on any atom is 0.201 e. The van der Waals surface area contributed by atoms with Gasteiger partial charge in [-0.2, -0.15) is 0 Å². The predicted octanol–water partition coefficient (Wildman–Crippen LogP) is 3.39. The van der Waals surface area contributed by atoms with Gasteiger partial charge in [0.25, 0.3) is 0 Å². The minimum atomic E-state index is -3.17. The molecule has 0 unspecified atom stereocenters. The quantitative estimate of drug-likeness (QED) is 0.519. The Morgan fingerprint density at radius 3 is 1.67 bits per heavy atom. The van der Waals surface area contributed by atoms with Crippen LogP contribution in [0.15, 0.2) is 0 Å². The molecule has 0 saturated carbocycles. The minimum absolute atomic E-state index is 0.162. The molecule has 0 bridgehead atoms. The standard InChI is InChI=1S/C7H15ClO3P/c1-6(2)10-12(9,5-8)11-7(3)4/h5-7H,1-4H3/q-1. The fourth-order valence-corrected chi connectivity index (χ4v) is 2.25. The SMILES string of the molecule is CC(C)OP(=O)([CH-]Cl)OC(C)C. The van der Waals surface area contributed by atoms with Crippen molar-refractivity contribution in [2.24, 2.45) is 0 Å². The first-order valence-corrected chi connectivity index (χ1v) is 5.85. The number of rotatable bonds is 5. The van der Waals surface area contributed by atoms with E-state index in [1.54, 1.807) is 27.7 Å². The number of hydrogen-bond donors (Lipinski definition) is 0. The van der Waals surface area contributed by atoms with E-state index in [9.17, 15) is 4.57 Å². The van der Waals surface area contributed by atoms with Crippen molar-refractivity contribution in [1.29, 1.82) is 0 Å². The maximum atomic E-state index is 11.6. The van der Waals surface area contributed by atoms with Crippen LogP contribution < -0.4 is 0 Å². The lowest BCUT2D eigenvalue weighted by Gasteiger charge is -2.27. The van der Waals surface area contributed by atoms with Crippen molar-refractivity contribution in [2.75, 3.05) is 0 Å². The van der Waals surface area contributed by atoms with Gasteiger partial charge in [0.15, 0.2) is 0 Å². The fraction of sp³-hybridized carbons (Fsp3) is 0.857. The van der Waals surface area contributed by atoms with E-state index in [1.807, 2.05) is 0 Å². The molecule has 0 amide bonds. The maximum absolute atomic E-state index is 11.6. The van der Waals surface area contributed by atoms with Crippen molar-refractivity contribution in [2.45, 2.75) is 39.9 Å². The van der Waals surface area contributed by atoms with Crippen LogP contribution >= 0.6 is 19.2 Å². The van der Waals surface area contributed by atoms with Crippen LogP contribution in [0.3, 0.4) is 0 Å². The lowest BCUT2D eigenvalue weighted by atomic mass is 10.5. The van der Waals surface area contributed by atoms with Gasteiger partial charge in [0, 0.05) is 0 Å². The summed E-state index contributed by atoms with van der Waals surface area (Å²) in [6, 6.07) is 0. The van der Waals surface area contributed by atoms with Crippen molar-refractivity contribution in [3.05, 3.63) is 5.62 Å². The second kappa shape index (κ2) is 5.23. The summed E-state index contributed by atoms with van der Waals surface area (Å²) >= 11 is 5.36. The molecule has 0 aliphatic carbocycles. The minimum Gasteiger partial charge on any atom is -0.336 e.